The van der Waals surface area contributed by atoms with Gasteiger partial charge in [0.1, 0.15) is 11.5 Å². The van der Waals surface area contributed by atoms with Crippen molar-refractivity contribution in [1.29, 1.82) is 0 Å². The number of hydrogen-bond acceptors (Lipinski definition) is 7. The third kappa shape index (κ3) is 5.11. The molecule has 3 rings (SSSR count). The largest absolute Gasteiger partial charge is 0.394 e. The molecule has 152 valence electrons. The molecule has 28 heavy (non-hydrogen) atoms. The molecule has 1 aliphatic heterocycles. The van der Waals surface area contributed by atoms with Gasteiger partial charge < -0.3 is 20.5 Å². The topological polar surface area (TPSA) is 74.4 Å². The van der Waals surface area contributed by atoms with Gasteiger partial charge in [-0.25, -0.2) is 9.37 Å². The molecule has 2 aromatic rings. The van der Waals surface area contributed by atoms with Crippen LogP contribution >= 0.6 is 34.9 Å². The fraction of sp³-hybridized carbons (Fsp3) is 0.421. The molecule has 0 spiro atoms. The van der Waals surface area contributed by atoms with Crippen LogP contribution < -0.4 is 11.1 Å². The number of benzene rings is 1. The van der Waals surface area contributed by atoms with Crippen molar-refractivity contribution in [1.82, 2.24) is 14.6 Å². The van der Waals surface area contributed by atoms with E-state index in [9.17, 15) is 9.50 Å². The van der Waals surface area contributed by atoms with Gasteiger partial charge in [-0.1, -0.05) is 48.9 Å². The number of anilines is 1. The lowest BCUT2D eigenvalue weighted by Crippen LogP contribution is -2.34. The molecule has 5 nitrogen and oxygen atoms in total. The Morgan fingerprint density at radius 1 is 1.46 bits per heavy atom. The number of fused-ring (bicyclic) bond motifs is 1. The Balaban J connectivity index is 1.77. The predicted octanol–water partition coefficient (Wildman–Crippen LogP) is 4.48. The number of nitrogen functional groups attached to an aromatic ring is 1. The molecule has 0 aliphatic carbocycles. The first-order valence-electron chi connectivity index (χ1n) is 9.04. The van der Waals surface area contributed by atoms with Crippen LogP contribution in [0.15, 0.2) is 24.4 Å². The second-order valence-electron chi connectivity index (χ2n) is 7.08. The second-order valence-corrected chi connectivity index (χ2v) is 9.62. The lowest BCUT2D eigenvalue weighted by atomic mass is 10.0. The Bertz CT molecular complexity index is 858. The van der Waals surface area contributed by atoms with Crippen molar-refractivity contribution in [2.75, 3.05) is 12.3 Å². The van der Waals surface area contributed by atoms with Crippen LogP contribution in [0.1, 0.15) is 36.4 Å². The van der Waals surface area contributed by atoms with E-state index in [4.69, 9.17) is 17.3 Å². The predicted molar refractivity (Wildman–Crippen MR) is 116 cm³/mol. The summed E-state index contributed by atoms with van der Waals surface area (Å²) in [7, 11) is 0. The number of thiazole rings is 1. The highest BCUT2D eigenvalue weighted by Crippen LogP contribution is 2.35. The van der Waals surface area contributed by atoms with Crippen molar-refractivity contribution < 1.29 is 9.50 Å². The fourth-order valence-corrected chi connectivity index (χ4v) is 5.10. The summed E-state index contributed by atoms with van der Waals surface area (Å²) in [6.45, 7) is 4.91. The van der Waals surface area contributed by atoms with E-state index in [1.54, 1.807) is 18.2 Å². The van der Waals surface area contributed by atoms with Gasteiger partial charge in [0.15, 0.2) is 5.13 Å². The van der Waals surface area contributed by atoms with Gasteiger partial charge >= 0.3 is 0 Å². The standard InChI is InChI=1S/C19H24ClFN4OS2/c1-11(2)6-13(9-26)23-15-7-25(8-16-18(15)24-19(22)28-16)27-10-12-4-3-5-14(20)17(12)21/h3-5,7,11,13,23,26H,6,8-10H2,1-2H3,(H2,22,24)/t13-/m1/s1. The van der Waals surface area contributed by atoms with Gasteiger partial charge in [-0.05, 0) is 30.4 Å². The Labute approximate surface area is 177 Å². The first-order valence-corrected chi connectivity index (χ1v) is 11.2. The minimum Gasteiger partial charge on any atom is -0.394 e. The monoisotopic (exact) mass is 442 g/mol. The summed E-state index contributed by atoms with van der Waals surface area (Å²) in [5.41, 5.74) is 8.14. The van der Waals surface area contributed by atoms with Gasteiger partial charge in [0, 0.05) is 23.6 Å². The molecule has 0 unspecified atom stereocenters. The third-order valence-electron chi connectivity index (χ3n) is 4.29. The molecule has 0 amide bonds. The maximum absolute atomic E-state index is 14.2. The van der Waals surface area contributed by atoms with E-state index in [1.807, 2.05) is 10.5 Å². The smallest absolute Gasteiger partial charge is 0.180 e. The Morgan fingerprint density at radius 2 is 2.25 bits per heavy atom. The molecule has 9 heteroatoms. The van der Waals surface area contributed by atoms with E-state index < -0.39 is 0 Å². The van der Waals surface area contributed by atoms with E-state index in [1.165, 1.54) is 23.3 Å². The number of nitrogens with one attached hydrogen (secondary N) is 1. The molecule has 0 saturated carbocycles. The van der Waals surface area contributed by atoms with Crippen LogP contribution in [0.2, 0.25) is 5.02 Å². The third-order valence-corrected chi connectivity index (χ3v) is 6.46. The minimum atomic E-state index is -0.379. The van der Waals surface area contributed by atoms with Crippen molar-refractivity contribution >= 4 is 45.7 Å². The molecule has 0 saturated heterocycles. The van der Waals surface area contributed by atoms with Gasteiger partial charge in [-0.2, -0.15) is 0 Å². The molecule has 1 atom stereocenters. The number of aliphatic hydroxyl groups excluding tert-OH is 1. The van der Waals surface area contributed by atoms with Crippen LogP contribution in [0, 0.1) is 11.7 Å². The number of nitrogens with zero attached hydrogens (tertiary/aromatic N) is 2. The summed E-state index contributed by atoms with van der Waals surface area (Å²) >= 11 is 8.82. The van der Waals surface area contributed by atoms with E-state index in [0.717, 1.165) is 22.7 Å². The Morgan fingerprint density at radius 3 is 2.96 bits per heavy atom. The molecule has 1 aromatic carbocycles. The van der Waals surface area contributed by atoms with Crippen molar-refractivity contribution in [3.05, 3.63) is 51.4 Å². The van der Waals surface area contributed by atoms with Crippen molar-refractivity contribution in [2.45, 2.75) is 38.6 Å². The second kappa shape index (κ2) is 9.35. The molecule has 2 heterocycles. The molecular weight excluding hydrogens is 419 g/mol. The first-order chi connectivity index (χ1) is 13.4. The SMILES string of the molecule is CC(C)C[C@H](CO)NC1=CN(SCc2cccc(Cl)c2F)Cc2sc(N)nc21. The lowest BCUT2D eigenvalue weighted by molar-refractivity contribution is 0.236. The molecule has 0 radical (unpaired) electrons. The zero-order valence-electron chi connectivity index (χ0n) is 15.8. The van der Waals surface area contributed by atoms with Crippen LogP contribution in [-0.2, 0) is 12.3 Å². The van der Waals surface area contributed by atoms with Crippen molar-refractivity contribution in [2.24, 2.45) is 5.92 Å². The molecule has 1 aromatic heterocycles. The van der Waals surface area contributed by atoms with Crippen LogP contribution in [0.4, 0.5) is 9.52 Å². The van der Waals surface area contributed by atoms with Crippen LogP contribution in [0.25, 0.3) is 5.70 Å². The summed E-state index contributed by atoms with van der Waals surface area (Å²) in [6, 6.07) is 4.96. The number of aromatic nitrogens is 1. The summed E-state index contributed by atoms with van der Waals surface area (Å²) in [4.78, 5) is 5.49. The highest BCUT2D eigenvalue weighted by atomic mass is 35.5. The van der Waals surface area contributed by atoms with Gasteiger partial charge in [0.2, 0.25) is 0 Å². The summed E-state index contributed by atoms with van der Waals surface area (Å²) in [5, 5.41) is 13.8. The lowest BCUT2D eigenvalue weighted by Gasteiger charge is -2.28. The molecule has 4 N–H and O–H groups in total. The van der Waals surface area contributed by atoms with Gasteiger partial charge in [-0.15, -0.1) is 0 Å². The van der Waals surface area contributed by atoms with Gasteiger partial charge in [-0.3, -0.25) is 0 Å². The highest BCUT2D eigenvalue weighted by Gasteiger charge is 2.24. The van der Waals surface area contributed by atoms with Crippen LogP contribution in [0.5, 0.6) is 0 Å². The summed E-state index contributed by atoms with van der Waals surface area (Å²) < 4.78 is 16.2. The first kappa shape index (κ1) is 21.2. The summed E-state index contributed by atoms with van der Waals surface area (Å²) in [6.07, 6.45) is 2.79. The molecule has 0 fully saturated rings. The maximum atomic E-state index is 14.2. The van der Waals surface area contributed by atoms with Gasteiger partial charge in [0.05, 0.1) is 28.7 Å². The highest BCUT2D eigenvalue weighted by molar-refractivity contribution is 7.96. The molecule has 0 bridgehead atoms. The number of rotatable bonds is 8. The fourth-order valence-electron chi connectivity index (χ4n) is 3.05. The van der Waals surface area contributed by atoms with E-state index in [0.29, 0.717) is 28.9 Å². The average Bonchev–Trinajstić information content (AvgIpc) is 3.02. The van der Waals surface area contributed by atoms with Crippen LogP contribution in [-0.4, -0.2) is 27.0 Å². The molecular formula is C19H24ClFN4OS2. The van der Waals surface area contributed by atoms with E-state index >= 15 is 0 Å². The van der Waals surface area contributed by atoms with Gasteiger partial charge in [0.25, 0.3) is 0 Å². The number of aliphatic hydroxyl groups is 1. The zero-order valence-corrected chi connectivity index (χ0v) is 18.2. The quantitative estimate of drug-likeness (QED) is 0.523. The summed E-state index contributed by atoms with van der Waals surface area (Å²) in [5.74, 6) is 0.524. The Hall–Kier alpha value is -1.48. The van der Waals surface area contributed by atoms with E-state index in [2.05, 4.69) is 24.1 Å². The maximum Gasteiger partial charge on any atom is 0.180 e. The number of hydrogen-bond donors (Lipinski definition) is 3. The normalized spacial score (nSPS) is 14.8. The molecule has 1 aliphatic rings. The van der Waals surface area contributed by atoms with Crippen molar-refractivity contribution in [3.8, 4) is 0 Å². The number of nitrogens with two attached hydrogens (primary N) is 1. The van der Waals surface area contributed by atoms with Crippen LogP contribution in [0.3, 0.4) is 0 Å². The minimum absolute atomic E-state index is 0.0331. The zero-order chi connectivity index (χ0) is 20.3. The van der Waals surface area contributed by atoms with Crippen molar-refractivity contribution in [3.63, 3.8) is 0 Å². The average molecular weight is 443 g/mol. The van der Waals surface area contributed by atoms with E-state index in [-0.39, 0.29) is 23.5 Å². The number of halogens is 2. The Kier molecular flexibility index (Phi) is 7.09.